The van der Waals surface area contributed by atoms with Gasteiger partial charge in [0.15, 0.2) is 8.68 Å². The molecule has 1 heterocycles. The van der Waals surface area contributed by atoms with Crippen molar-refractivity contribution in [3.8, 4) is 0 Å². The van der Waals surface area contributed by atoms with Crippen LogP contribution in [0.4, 0.5) is 5.69 Å². The van der Waals surface area contributed by atoms with Gasteiger partial charge in [0, 0.05) is 24.1 Å². The van der Waals surface area contributed by atoms with Gasteiger partial charge in [-0.3, -0.25) is 9.59 Å². The van der Waals surface area contributed by atoms with E-state index in [1.165, 1.54) is 23.1 Å². The summed E-state index contributed by atoms with van der Waals surface area (Å²) in [4.78, 5) is 23.5. The lowest BCUT2D eigenvalue weighted by atomic mass is 10.2. The Morgan fingerprint density at radius 2 is 1.80 bits per heavy atom. The number of hydrogen-bond donors (Lipinski definition) is 2. The fourth-order valence-corrected chi connectivity index (χ4v) is 4.77. The smallest absolute Gasteiger partial charge is 0.251 e. The van der Waals surface area contributed by atoms with Crippen LogP contribution in [0.1, 0.15) is 30.1 Å². The third kappa shape index (κ3) is 6.68. The van der Waals surface area contributed by atoms with Gasteiger partial charge >= 0.3 is 0 Å². The first-order valence-corrected chi connectivity index (χ1v) is 10.6. The van der Waals surface area contributed by atoms with Crippen LogP contribution in [0.5, 0.6) is 0 Å². The van der Waals surface area contributed by atoms with Crippen molar-refractivity contribution in [2.45, 2.75) is 28.4 Å². The summed E-state index contributed by atoms with van der Waals surface area (Å²) in [6.07, 6.45) is 2.32. The summed E-state index contributed by atoms with van der Waals surface area (Å²) >= 11 is 4.60. The van der Waals surface area contributed by atoms with Crippen molar-refractivity contribution in [3.63, 3.8) is 0 Å². The summed E-state index contributed by atoms with van der Waals surface area (Å²) in [7, 11) is 1.58. The van der Waals surface area contributed by atoms with Gasteiger partial charge in [-0.25, -0.2) is 0 Å². The number of amides is 2. The zero-order chi connectivity index (χ0) is 18.1. The highest BCUT2D eigenvalue weighted by atomic mass is 32.2. The van der Waals surface area contributed by atoms with Gasteiger partial charge in [-0.15, -0.1) is 10.2 Å². The fraction of sp³-hybridized carbons (Fsp3) is 0.375. The van der Waals surface area contributed by atoms with E-state index in [4.69, 9.17) is 0 Å². The van der Waals surface area contributed by atoms with Crippen LogP contribution in [0, 0.1) is 0 Å². The van der Waals surface area contributed by atoms with E-state index in [2.05, 4.69) is 27.8 Å². The van der Waals surface area contributed by atoms with Gasteiger partial charge in [-0.1, -0.05) is 48.2 Å². The number of unbranched alkanes of at least 4 members (excludes halogenated alkanes) is 1. The number of nitrogens with one attached hydrogen (secondary N) is 2. The van der Waals surface area contributed by atoms with E-state index in [0.29, 0.717) is 11.3 Å². The van der Waals surface area contributed by atoms with E-state index in [-0.39, 0.29) is 17.6 Å². The monoisotopic (exact) mass is 396 g/mol. The second kappa shape index (κ2) is 10.4. The lowest BCUT2D eigenvalue weighted by Gasteiger charge is -2.05. The van der Waals surface area contributed by atoms with E-state index in [1.807, 2.05) is 0 Å². The van der Waals surface area contributed by atoms with Crippen molar-refractivity contribution < 1.29 is 9.59 Å². The van der Waals surface area contributed by atoms with Crippen LogP contribution in [-0.4, -0.2) is 40.6 Å². The Morgan fingerprint density at radius 1 is 1.12 bits per heavy atom. The van der Waals surface area contributed by atoms with E-state index < -0.39 is 0 Å². The fourth-order valence-electron chi connectivity index (χ4n) is 1.79. The molecule has 0 radical (unpaired) electrons. The second-order valence-electron chi connectivity index (χ2n) is 5.03. The van der Waals surface area contributed by atoms with Gasteiger partial charge in [0.2, 0.25) is 5.91 Å². The second-order valence-corrected chi connectivity index (χ2v) is 8.57. The number of carbonyl (C=O) groups excluding carboxylic acids is 2. The molecule has 6 nitrogen and oxygen atoms in total. The molecule has 0 fully saturated rings. The molecule has 0 aliphatic heterocycles. The Hall–Kier alpha value is -1.58. The van der Waals surface area contributed by atoms with Crippen molar-refractivity contribution in [2.24, 2.45) is 0 Å². The highest BCUT2D eigenvalue weighted by Crippen LogP contribution is 2.29. The third-order valence-corrected chi connectivity index (χ3v) is 6.37. The number of nitrogens with zero attached hydrogens (tertiary/aromatic N) is 2. The van der Waals surface area contributed by atoms with Gasteiger partial charge in [0.05, 0.1) is 5.75 Å². The quantitative estimate of drug-likeness (QED) is 0.498. The average molecular weight is 397 g/mol. The summed E-state index contributed by atoms with van der Waals surface area (Å²) in [6.45, 7) is 2.16. The SMILES string of the molecule is CCCCSc1nnc(SCC(=O)Nc2ccc(C(=O)NC)cc2)s1. The molecule has 2 N–H and O–H groups in total. The topological polar surface area (TPSA) is 84.0 Å². The summed E-state index contributed by atoms with van der Waals surface area (Å²) < 4.78 is 1.74. The van der Waals surface area contributed by atoms with E-state index in [9.17, 15) is 9.59 Å². The van der Waals surface area contributed by atoms with Crippen molar-refractivity contribution in [1.82, 2.24) is 15.5 Å². The Balaban J connectivity index is 1.77. The summed E-state index contributed by atoms with van der Waals surface area (Å²) in [5, 5.41) is 13.6. The Kier molecular flexibility index (Phi) is 8.23. The molecule has 0 aliphatic rings. The predicted octanol–water partition coefficient (Wildman–Crippen LogP) is 3.52. The van der Waals surface area contributed by atoms with Gasteiger partial charge < -0.3 is 10.6 Å². The summed E-state index contributed by atoms with van der Waals surface area (Å²) in [6, 6.07) is 6.76. The van der Waals surface area contributed by atoms with Crippen molar-refractivity contribution in [3.05, 3.63) is 29.8 Å². The number of hydrogen-bond acceptors (Lipinski definition) is 7. The molecule has 2 rings (SSSR count). The molecule has 134 valence electrons. The minimum atomic E-state index is -0.155. The van der Waals surface area contributed by atoms with Crippen LogP contribution in [0.3, 0.4) is 0 Å². The minimum Gasteiger partial charge on any atom is -0.355 e. The lowest BCUT2D eigenvalue weighted by molar-refractivity contribution is -0.113. The molecular weight excluding hydrogens is 376 g/mol. The first-order valence-electron chi connectivity index (χ1n) is 7.83. The first-order chi connectivity index (χ1) is 12.1. The molecule has 0 saturated carbocycles. The van der Waals surface area contributed by atoms with Crippen LogP contribution < -0.4 is 10.6 Å². The van der Waals surface area contributed by atoms with E-state index in [0.717, 1.165) is 27.3 Å². The van der Waals surface area contributed by atoms with Crippen molar-refractivity contribution >= 4 is 52.4 Å². The number of anilines is 1. The predicted molar refractivity (Wildman–Crippen MR) is 105 cm³/mol. The van der Waals surface area contributed by atoms with Gasteiger partial charge in [0.25, 0.3) is 5.91 Å². The highest BCUT2D eigenvalue weighted by molar-refractivity contribution is 8.03. The number of carbonyl (C=O) groups is 2. The standard InChI is InChI=1S/C16H20N4O2S3/c1-3-4-9-23-15-19-20-16(25-15)24-10-13(21)18-12-7-5-11(6-8-12)14(22)17-2/h5-8H,3-4,9-10H2,1-2H3,(H,17,22)(H,18,21). The molecule has 2 amide bonds. The highest BCUT2D eigenvalue weighted by Gasteiger charge is 2.09. The molecule has 0 saturated heterocycles. The molecule has 0 aliphatic carbocycles. The zero-order valence-electron chi connectivity index (χ0n) is 14.1. The number of aromatic nitrogens is 2. The molecule has 0 bridgehead atoms. The van der Waals surface area contributed by atoms with Gasteiger partial charge in [-0.2, -0.15) is 0 Å². The molecule has 0 unspecified atom stereocenters. The van der Waals surface area contributed by atoms with Crippen molar-refractivity contribution in [1.29, 1.82) is 0 Å². The van der Waals surface area contributed by atoms with Crippen LogP contribution >= 0.6 is 34.9 Å². The Morgan fingerprint density at radius 3 is 2.44 bits per heavy atom. The maximum absolute atomic E-state index is 12.0. The van der Waals surface area contributed by atoms with Crippen LogP contribution in [0.2, 0.25) is 0 Å². The number of rotatable bonds is 9. The van der Waals surface area contributed by atoms with E-state index in [1.54, 1.807) is 43.1 Å². The summed E-state index contributed by atoms with van der Waals surface area (Å²) in [5.74, 6) is 1.04. The summed E-state index contributed by atoms with van der Waals surface area (Å²) in [5.41, 5.74) is 1.21. The maximum atomic E-state index is 12.0. The average Bonchev–Trinajstić information content (AvgIpc) is 3.08. The van der Waals surface area contributed by atoms with Gasteiger partial charge in [-0.05, 0) is 30.7 Å². The third-order valence-electron chi connectivity index (χ3n) is 3.10. The molecule has 25 heavy (non-hydrogen) atoms. The molecule has 0 spiro atoms. The maximum Gasteiger partial charge on any atom is 0.251 e. The lowest BCUT2D eigenvalue weighted by Crippen LogP contribution is -2.18. The van der Waals surface area contributed by atoms with E-state index >= 15 is 0 Å². The number of benzene rings is 1. The largest absolute Gasteiger partial charge is 0.355 e. The number of thioether (sulfide) groups is 2. The van der Waals surface area contributed by atoms with Crippen molar-refractivity contribution in [2.75, 3.05) is 23.9 Å². The Labute approximate surface area is 159 Å². The minimum absolute atomic E-state index is 0.118. The first kappa shape index (κ1) is 19.7. The van der Waals surface area contributed by atoms with Crippen LogP contribution in [-0.2, 0) is 4.79 Å². The molecule has 1 aromatic heterocycles. The van der Waals surface area contributed by atoms with Crippen LogP contribution in [0.15, 0.2) is 32.9 Å². The molecule has 9 heteroatoms. The normalized spacial score (nSPS) is 10.5. The van der Waals surface area contributed by atoms with Gasteiger partial charge in [0.1, 0.15) is 0 Å². The molecular formula is C16H20N4O2S3. The van der Waals surface area contributed by atoms with Crippen LogP contribution in [0.25, 0.3) is 0 Å². The molecule has 0 atom stereocenters. The zero-order valence-corrected chi connectivity index (χ0v) is 16.5. The molecule has 1 aromatic carbocycles. The Bertz CT molecular complexity index is 704. The molecule has 2 aromatic rings.